The fourth-order valence-electron chi connectivity index (χ4n) is 2.34. The average molecular weight is 302 g/mol. The molecule has 3 aromatic rings. The Morgan fingerprint density at radius 3 is 1.64 bits per heavy atom. The van der Waals surface area contributed by atoms with E-state index in [2.05, 4.69) is 60.0 Å². The zero-order valence-electron chi connectivity index (χ0n) is 12.0. The van der Waals surface area contributed by atoms with E-state index in [1.807, 2.05) is 12.1 Å². The Kier molecular flexibility index (Phi) is 4.48. The third-order valence-corrected chi connectivity index (χ3v) is 6.01. The van der Waals surface area contributed by atoms with Crippen molar-refractivity contribution in [3.63, 3.8) is 0 Å². The van der Waals surface area contributed by atoms with Crippen LogP contribution >= 0.6 is 0 Å². The van der Waals surface area contributed by atoms with Crippen LogP contribution in [0.15, 0.2) is 84.9 Å². The van der Waals surface area contributed by atoms with Gasteiger partial charge in [-0.25, -0.2) is 4.39 Å². The van der Waals surface area contributed by atoms with E-state index in [4.69, 9.17) is 0 Å². The highest BCUT2D eigenvalue weighted by molar-refractivity contribution is 6.91. The van der Waals surface area contributed by atoms with Crippen LogP contribution in [0.2, 0.25) is 0 Å². The number of rotatable bonds is 2. The van der Waals surface area contributed by atoms with Gasteiger partial charge >= 0.3 is 0 Å². The molecule has 3 rings (SSSR count). The van der Waals surface area contributed by atoms with Gasteiger partial charge in [-0.3, -0.25) is 0 Å². The summed E-state index contributed by atoms with van der Waals surface area (Å²) in [4.78, 5) is 0. The molecule has 106 valence electrons. The van der Waals surface area contributed by atoms with Gasteiger partial charge < -0.3 is 0 Å². The van der Waals surface area contributed by atoms with Crippen LogP contribution < -0.4 is 10.4 Å². The quantitative estimate of drug-likeness (QED) is 0.504. The van der Waals surface area contributed by atoms with Crippen molar-refractivity contribution in [2.75, 3.05) is 0 Å². The molecule has 0 N–H and O–H groups in total. The molecule has 0 fully saturated rings. The van der Waals surface area contributed by atoms with E-state index in [1.54, 1.807) is 12.1 Å². The normalized spacial score (nSPS) is 10.1. The molecular formula is C20H15FSi. The molecule has 0 spiro atoms. The highest BCUT2D eigenvalue weighted by Crippen LogP contribution is 2.01. The van der Waals surface area contributed by atoms with Crippen LogP contribution in [0.5, 0.6) is 0 Å². The molecule has 0 nitrogen and oxygen atoms in total. The summed E-state index contributed by atoms with van der Waals surface area (Å²) in [5.41, 5.74) is 4.31. The van der Waals surface area contributed by atoms with E-state index in [0.29, 0.717) is 0 Å². The third-order valence-electron chi connectivity index (χ3n) is 3.47. The lowest BCUT2D eigenvalue weighted by Gasteiger charge is -2.09. The van der Waals surface area contributed by atoms with Gasteiger partial charge in [-0.15, -0.1) is 5.54 Å². The molecule has 0 saturated heterocycles. The second-order valence-electron chi connectivity index (χ2n) is 5.03. The van der Waals surface area contributed by atoms with Gasteiger partial charge in [0.2, 0.25) is 0 Å². The minimum Gasteiger partial charge on any atom is -0.207 e. The summed E-state index contributed by atoms with van der Waals surface area (Å²) < 4.78 is 13.0. The molecule has 0 radical (unpaired) electrons. The van der Waals surface area contributed by atoms with Gasteiger partial charge in [0.25, 0.3) is 0 Å². The number of hydrogen-bond acceptors (Lipinski definition) is 0. The van der Waals surface area contributed by atoms with E-state index in [0.717, 1.165) is 5.56 Å². The molecule has 0 aliphatic carbocycles. The number of benzene rings is 3. The van der Waals surface area contributed by atoms with E-state index < -0.39 is 8.80 Å². The maximum absolute atomic E-state index is 13.0. The summed E-state index contributed by atoms with van der Waals surface area (Å²) in [5, 5.41) is 2.59. The van der Waals surface area contributed by atoms with E-state index in [1.165, 1.54) is 22.5 Å². The first kappa shape index (κ1) is 14.3. The van der Waals surface area contributed by atoms with Crippen LogP contribution in [0.1, 0.15) is 5.56 Å². The van der Waals surface area contributed by atoms with E-state index >= 15 is 0 Å². The summed E-state index contributed by atoms with van der Waals surface area (Å²) >= 11 is 0. The largest absolute Gasteiger partial charge is 0.207 e. The standard InChI is InChI=1S/C20H15FSi/c21-18-13-11-17(12-14-18)15-16-22(19-7-3-1-4-8-19)20-9-5-2-6-10-20/h1-14,22H. The molecule has 22 heavy (non-hydrogen) atoms. The predicted molar refractivity (Wildman–Crippen MR) is 92.6 cm³/mol. The SMILES string of the molecule is Fc1ccc(C#C[SiH](c2ccccc2)c2ccccc2)cc1. The Hall–Kier alpha value is -2.63. The summed E-state index contributed by atoms with van der Waals surface area (Å²) in [7, 11) is -1.59. The van der Waals surface area contributed by atoms with Crippen LogP contribution in [0.4, 0.5) is 4.39 Å². The van der Waals surface area contributed by atoms with Crippen LogP contribution in [-0.4, -0.2) is 8.80 Å². The van der Waals surface area contributed by atoms with Crippen LogP contribution in [0.3, 0.4) is 0 Å². The molecule has 0 aliphatic heterocycles. The monoisotopic (exact) mass is 302 g/mol. The van der Waals surface area contributed by atoms with Gasteiger partial charge in [0.1, 0.15) is 5.82 Å². The second-order valence-corrected chi connectivity index (χ2v) is 7.52. The molecule has 0 aromatic heterocycles. The minimum absolute atomic E-state index is 0.231. The first-order chi connectivity index (χ1) is 10.8. The topological polar surface area (TPSA) is 0 Å². The first-order valence-electron chi connectivity index (χ1n) is 7.20. The molecule has 0 bridgehead atoms. The molecule has 0 saturated carbocycles. The molecule has 3 aromatic carbocycles. The zero-order chi connectivity index (χ0) is 15.2. The van der Waals surface area contributed by atoms with Crippen LogP contribution in [-0.2, 0) is 0 Å². The Bertz CT molecular complexity index is 744. The lowest BCUT2D eigenvalue weighted by atomic mass is 10.2. The Morgan fingerprint density at radius 1 is 0.636 bits per heavy atom. The Morgan fingerprint density at radius 2 is 1.14 bits per heavy atom. The lowest BCUT2D eigenvalue weighted by molar-refractivity contribution is 0.627. The van der Waals surface area contributed by atoms with Crippen LogP contribution in [0.25, 0.3) is 0 Å². The van der Waals surface area contributed by atoms with Crippen molar-refractivity contribution >= 4 is 19.2 Å². The maximum atomic E-state index is 13.0. The van der Waals surface area contributed by atoms with Crippen molar-refractivity contribution < 1.29 is 4.39 Å². The fourth-order valence-corrected chi connectivity index (χ4v) is 4.58. The van der Waals surface area contributed by atoms with Gasteiger partial charge in [-0.05, 0) is 34.6 Å². The predicted octanol–water partition coefficient (Wildman–Crippen LogP) is 2.76. The van der Waals surface area contributed by atoms with Crippen molar-refractivity contribution in [3.8, 4) is 11.5 Å². The van der Waals surface area contributed by atoms with Crippen molar-refractivity contribution in [2.24, 2.45) is 0 Å². The lowest BCUT2D eigenvalue weighted by Crippen LogP contribution is -2.41. The summed E-state index contributed by atoms with van der Waals surface area (Å²) in [6.45, 7) is 0. The van der Waals surface area contributed by atoms with Crippen LogP contribution in [0, 0.1) is 17.3 Å². The molecule has 0 unspecified atom stereocenters. The van der Waals surface area contributed by atoms with Gasteiger partial charge in [-0.2, -0.15) is 0 Å². The van der Waals surface area contributed by atoms with E-state index in [9.17, 15) is 4.39 Å². The zero-order valence-corrected chi connectivity index (χ0v) is 13.2. The van der Waals surface area contributed by atoms with Crippen molar-refractivity contribution in [2.45, 2.75) is 0 Å². The maximum Gasteiger partial charge on any atom is 0.184 e. The molecular weight excluding hydrogens is 287 g/mol. The Balaban J connectivity index is 1.98. The van der Waals surface area contributed by atoms with Crippen molar-refractivity contribution in [1.29, 1.82) is 0 Å². The Labute approximate surface area is 131 Å². The fraction of sp³-hybridized carbons (Fsp3) is 0. The summed E-state index contributed by atoms with van der Waals surface area (Å²) in [5.74, 6) is 2.98. The van der Waals surface area contributed by atoms with Gasteiger partial charge in [0, 0.05) is 5.56 Å². The summed E-state index contributed by atoms with van der Waals surface area (Å²) in [6, 6.07) is 27.2. The molecule has 0 atom stereocenters. The highest BCUT2D eigenvalue weighted by Gasteiger charge is 2.12. The molecule has 2 heteroatoms. The average Bonchev–Trinajstić information content (AvgIpc) is 2.59. The molecule has 0 aliphatic rings. The van der Waals surface area contributed by atoms with Crippen molar-refractivity contribution in [3.05, 3.63) is 96.3 Å². The van der Waals surface area contributed by atoms with Gasteiger partial charge in [0.15, 0.2) is 8.80 Å². The second kappa shape index (κ2) is 6.88. The van der Waals surface area contributed by atoms with Gasteiger partial charge in [-0.1, -0.05) is 66.6 Å². The minimum atomic E-state index is -1.59. The van der Waals surface area contributed by atoms with Crippen molar-refractivity contribution in [1.82, 2.24) is 0 Å². The van der Waals surface area contributed by atoms with Gasteiger partial charge in [0.05, 0.1) is 0 Å². The summed E-state index contributed by atoms with van der Waals surface area (Å²) in [6.07, 6.45) is 0. The molecule has 0 heterocycles. The number of halogens is 1. The molecule has 0 amide bonds. The first-order valence-corrected chi connectivity index (χ1v) is 8.93. The number of hydrogen-bond donors (Lipinski definition) is 0. The highest BCUT2D eigenvalue weighted by atomic mass is 28.3. The third kappa shape index (κ3) is 3.52. The smallest absolute Gasteiger partial charge is 0.184 e. The van der Waals surface area contributed by atoms with E-state index in [-0.39, 0.29) is 5.82 Å².